The largest absolute Gasteiger partial charge is 0.497 e. The Bertz CT molecular complexity index is 1040. The number of methoxy groups -OCH3 is 1. The summed E-state index contributed by atoms with van der Waals surface area (Å²) in [6.07, 6.45) is 3.40. The number of rotatable bonds is 6. The van der Waals surface area contributed by atoms with E-state index in [2.05, 4.69) is 36.0 Å². The molecule has 32 heavy (non-hydrogen) atoms. The number of hydrogen-bond acceptors (Lipinski definition) is 5. The fourth-order valence-corrected chi connectivity index (χ4v) is 6.12. The molecular formula is C25H35N3O4. The van der Waals surface area contributed by atoms with E-state index in [-0.39, 0.29) is 35.1 Å². The highest BCUT2D eigenvalue weighted by Gasteiger charge is 2.51. The number of ether oxygens (including phenoxy) is 2. The fraction of sp³-hybridized carbons (Fsp3) is 0.600. The average Bonchev–Trinajstić information content (AvgIpc) is 3.20. The summed E-state index contributed by atoms with van der Waals surface area (Å²) in [5, 5.41) is 3.77. The minimum absolute atomic E-state index is 0.117. The van der Waals surface area contributed by atoms with Crippen molar-refractivity contribution >= 4 is 28.5 Å². The smallest absolute Gasteiger partial charge is 0.356 e. The van der Waals surface area contributed by atoms with Crippen molar-refractivity contribution < 1.29 is 19.1 Å². The third-order valence-corrected chi connectivity index (χ3v) is 7.07. The zero-order valence-electron chi connectivity index (χ0n) is 20.0. The zero-order chi connectivity index (χ0) is 23.3. The summed E-state index contributed by atoms with van der Waals surface area (Å²) in [6.45, 7) is 11.9. The van der Waals surface area contributed by atoms with Crippen molar-refractivity contribution in [2.45, 2.75) is 66.0 Å². The van der Waals surface area contributed by atoms with E-state index in [9.17, 15) is 9.59 Å². The molecule has 2 fully saturated rings. The molecule has 2 N–H and O–H groups in total. The molecule has 3 atom stereocenters. The molecule has 174 valence electrons. The molecule has 1 saturated carbocycles. The molecule has 1 aromatic carbocycles. The molecule has 7 heteroatoms. The second kappa shape index (κ2) is 8.10. The first kappa shape index (κ1) is 22.6. The van der Waals surface area contributed by atoms with Gasteiger partial charge in [-0.25, -0.2) is 4.79 Å². The lowest BCUT2D eigenvalue weighted by Crippen LogP contribution is -2.45. The van der Waals surface area contributed by atoms with Crippen LogP contribution in [0.15, 0.2) is 18.2 Å². The molecule has 4 rings (SSSR count). The van der Waals surface area contributed by atoms with Crippen LogP contribution in [0.3, 0.4) is 0 Å². The molecule has 1 amide bonds. The highest BCUT2D eigenvalue weighted by atomic mass is 16.5. The van der Waals surface area contributed by atoms with Gasteiger partial charge in [0.2, 0.25) is 5.91 Å². The van der Waals surface area contributed by atoms with E-state index >= 15 is 0 Å². The molecule has 2 heterocycles. The minimum atomic E-state index is -0.489. The van der Waals surface area contributed by atoms with Crippen LogP contribution in [0.1, 0.15) is 64.4 Å². The molecule has 1 saturated heterocycles. The number of H-pyrrole nitrogens is 1. The number of hydrogen-bond donors (Lipinski definition) is 2. The predicted octanol–water partition coefficient (Wildman–Crippen LogP) is 4.58. The Balaban J connectivity index is 1.63. The maximum Gasteiger partial charge on any atom is 0.356 e. The normalized spacial score (nSPS) is 25.5. The second-order valence-electron chi connectivity index (χ2n) is 10.6. The molecule has 0 unspecified atom stereocenters. The van der Waals surface area contributed by atoms with Crippen LogP contribution in [0.5, 0.6) is 5.75 Å². The van der Waals surface area contributed by atoms with Crippen molar-refractivity contribution in [1.29, 1.82) is 0 Å². The Labute approximate surface area is 189 Å². The lowest BCUT2D eigenvalue weighted by Gasteiger charge is -2.40. The van der Waals surface area contributed by atoms with E-state index in [1.165, 1.54) is 6.42 Å². The summed E-state index contributed by atoms with van der Waals surface area (Å²) in [5.41, 5.74) is 1.97. The van der Waals surface area contributed by atoms with Gasteiger partial charge in [0.05, 0.1) is 25.4 Å². The van der Waals surface area contributed by atoms with Gasteiger partial charge in [-0.1, -0.05) is 20.8 Å². The number of benzene rings is 1. The number of nitrogens with one attached hydrogen (secondary N) is 2. The molecule has 1 aromatic heterocycles. The number of aromatic nitrogens is 1. The summed E-state index contributed by atoms with van der Waals surface area (Å²) in [4.78, 5) is 31.5. The monoisotopic (exact) mass is 441 g/mol. The quantitative estimate of drug-likeness (QED) is 0.641. The lowest BCUT2D eigenvalue weighted by atomic mass is 9.65. The molecule has 1 aliphatic carbocycles. The van der Waals surface area contributed by atoms with Crippen LogP contribution in [0, 0.1) is 10.8 Å². The van der Waals surface area contributed by atoms with Crippen molar-refractivity contribution in [2.75, 3.05) is 25.6 Å². The molecule has 2 bridgehead atoms. The van der Waals surface area contributed by atoms with Gasteiger partial charge in [0, 0.05) is 23.5 Å². The first-order valence-corrected chi connectivity index (χ1v) is 11.5. The van der Waals surface area contributed by atoms with Crippen LogP contribution >= 0.6 is 0 Å². The number of aromatic amines is 1. The van der Waals surface area contributed by atoms with Crippen LogP contribution in [0.2, 0.25) is 0 Å². The Morgan fingerprint density at radius 2 is 2.03 bits per heavy atom. The number of nitrogens with zero attached hydrogens (tertiary/aromatic N) is 1. The third-order valence-electron chi connectivity index (χ3n) is 7.07. The average molecular weight is 442 g/mol. The molecule has 0 radical (unpaired) electrons. The Hall–Kier alpha value is -2.54. The summed E-state index contributed by atoms with van der Waals surface area (Å²) < 4.78 is 10.6. The first-order valence-electron chi connectivity index (χ1n) is 11.5. The molecule has 1 aliphatic heterocycles. The molecule has 2 aliphatic rings. The molecule has 2 aromatic rings. The maximum atomic E-state index is 13.4. The minimum Gasteiger partial charge on any atom is -0.497 e. The van der Waals surface area contributed by atoms with E-state index < -0.39 is 5.97 Å². The van der Waals surface area contributed by atoms with Gasteiger partial charge >= 0.3 is 5.97 Å². The Morgan fingerprint density at radius 3 is 2.72 bits per heavy atom. The number of carbonyl (C=O) groups is 2. The van der Waals surface area contributed by atoms with Crippen LogP contribution in [-0.4, -0.2) is 54.1 Å². The van der Waals surface area contributed by atoms with Crippen molar-refractivity contribution in [3.8, 4) is 5.75 Å². The van der Waals surface area contributed by atoms with Gasteiger partial charge in [-0.15, -0.1) is 0 Å². The summed E-state index contributed by atoms with van der Waals surface area (Å²) in [7, 11) is 1.59. The SMILES string of the molecule is CCOC(=O)c1[nH]c2ccc(OC)cc2c1NC(=O)[C@H](C)N1C[C@@]2(C)C[C@H]1CC(C)(C)C2. The maximum absolute atomic E-state index is 13.4. The summed E-state index contributed by atoms with van der Waals surface area (Å²) in [5.74, 6) is 0.0455. The third kappa shape index (κ3) is 4.10. The number of likely N-dealkylation sites (tertiary alicyclic amines) is 1. The van der Waals surface area contributed by atoms with Crippen molar-refractivity contribution in [1.82, 2.24) is 9.88 Å². The second-order valence-corrected chi connectivity index (χ2v) is 10.6. The fourth-order valence-electron chi connectivity index (χ4n) is 6.12. The molecule has 7 nitrogen and oxygen atoms in total. The Morgan fingerprint density at radius 1 is 1.28 bits per heavy atom. The highest BCUT2D eigenvalue weighted by Crippen LogP contribution is 2.53. The van der Waals surface area contributed by atoms with E-state index in [1.807, 2.05) is 25.1 Å². The van der Waals surface area contributed by atoms with Crippen LogP contribution < -0.4 is 10.1 Å². The van der Waals surface area contributed by atoms with E-state index in [0.29, 0.717) is 17.5 Å². The van der Waals surface area contributed by atoms with Gasteiger partial charge in [0.1, 0.15) is 11.4 Å². The van der Waals surface area contributed by atoms with Crippen LogP contribution in [0.4, 0.5) is 5.69 Å². The van der Waals surface area contributed by atoms with Gasteiger partial charge in [0.15, 0.2) is 0 Å². The van der Waals surface area contributed by atoms with Gasteiger partial charge < -0.3 is 19.8 Å². The lowest BCUT2D eigenvalue weighted by molar-refractivity contribution is -0.121. The number of esters is 1. The number of fused-ring (bicyclic) bond motifs is 3. The molecular weight excluding hydrogens is 406 g/mol. The van der Waals surface area contributed by atoms with Crippen molar-refractivity contribution in [3.63, 3.8) is 0 Å². The van der Waals surface area contributed by atoms with E-state index in [1.54, 1.807) is 14.0 Å². The van der Waals surface area contributed by atoms with Crippen LogP contribution in [-0.2, 0) is 9.53 Å². The zero-order valence-corrected chi connectivity index (χ0v) is 20.0. The van der Waals surface area contributed by atoms with Crippen molar-refractivity contribution in [3.05, 3.63) is 23.9 Å². The first-order chi connectivity index (χ1) is 15.1. The van der Waals surface area contributed by atoms with Gasteiger partial charge in [-0.3, -0.25) is 9.69 Å². The number of anilines is 1. The summed E-state index contributed by atoms with van der Waals surface area (Å²) >= 11 is 0. The molecule has 0 spiro atoms. The van der Waals surface area contributed by atoms with Crippen LogP contribution in [0.25, 0.3) is 10.9 Å². The summed E-state index contributed by atoms with van der Waals surface area (Å²) in [6, 6.07) is 5.57. The highest BCUT2D eigenvalue weighted by molar-refractivity contribution is 6.12. The van der Waals surface area contributed by atoms with Gasteiger partial charge in [-0.05, 0) is 62.1 Å². The van der Waals surface area contributed by atoms with Crippen molar-refractivity contribution in [2.24, 2.45) is 10.8 Å². The predicted molar refractivity (Wildman–Crippen MR) is 125 cm³/mol. The standard InChI is InChI=1S/C25H35N3O4/c1-7-32-23(30)21-20(18-10-17(31-6)8-9-19(18)26-21)27-22(29)15(2)28-14-25(5)12-16(28)11-24(3,4)13-25/h8-10,15-16,26H,7,11-14H2,1-6H3,(H,27,29)/t15-,16+,25-/m0/s1. The number of carbonyl (C=O) groups excluding carboxylic acids is 2. The van der Waals surface area contributed by atoms with Gasteiger partial charge in [0.25, 0.3) is 0 Å². The Kier molecular flexibility index (Phi) is 5.74. The topological polar surface area (TPSA) is 83.7 Å². The van der Waals surface area contributed by atoms with E-state index in [0.717, 1.165) is 30.3 Å². The number of amides is 1. The van der Waals surface area contributed by atoms with E-state index in [4.69, 9.17) is 9.47 Å². The van der Waals surface area contributed by atoms with Gasteiger partial charge in [-0.2, -0.15) is 0 Å².